The number of carbonyl (C=O) groups excluding carboxylic acids is 1. The molecule has 1 aliphatic heterocycles. The molecule has 1 amide bonds. The van der Waals surface area contributed by atoms with Crippen molar-refractivity contribution >= 4 is 40.9 Å². The Morgan fingerprint density at radius 2 is 1.86 bits per heavy atom. The zero-order chi connectivity index (χ0) is 30.1. The molecule has 4 aromatic rings. The predicted octanol–water partition coefficient (Wildman–Crippen LogP) is 6.67. The quantitative estimate of drug-likeness (QED) is 0.212. The molecule has 0 spiro atoms. The van der Waals surface area contributed by atoms with Crippen LogP contribution in [-0.2, 0) is 6.18 Å². The number of amides is 1. The van der Waals surface area contributed by atoms with Crippen LogP contribution in [0.5, 0.6) is 0 Å². The summed E-state index contributed by atoms with van der Waals surface area (Å²) in [4.78, 5) is 32.4. The number of nitrogens with one attached hydrogen (secondary N) is 3. The second-order valence-electron chi connectivity index (χ2n) is 10.7. The van der Waals surface area contributed by atoms with Crippen LogP contribution in [0.3, 0.4) is 0 Å². The Bertz CT molecular complexity index is 1700. The second kappa shape index (κ2) is 11.3. The van der Waals surface area contributed by atoms with E-state index >= 15 is 0 Å². The summed E-state index contributed by atoms with van der Waals surface area (Å²) in [6.07, 6.45) is 2.31. The number of aliphatic imine (C=N–C) groups is 1. The molecule has 1 unspecified atom stereocenters. The maximum absolute atomic E-state index is 13.7. The molecule has 220 valence electrons. The molecular formula is C31H29F3N8O. The summed E-state index contributed by atoms with van der Waals surface area (Å²) >= 11 is 0. The lowest BCUT2D eigenvalue weighted by molar-refractivity contribution is -0.137. The van der Waals surface area contributed by atoms with Crippen LogP contribution >= 0.6 is 0 Å². The molecule has 0 radical (unpaired) electrons. The largest absolute Gasteiger partial charge is 0.416 e. The smallest absolute Gasteiger partial charge is 0.367 e. The molecule has 2 aliphatic rings. The van der Waals surface area contributed by atoms with E-state index in [2.05, 4.69) is 35.9 Å². The molecule has 43 heavy (non-hydrogen) atoms. The molecule has 2 aromatic heterocycles. The number of halogens is 3. The van der Waals surface area contributed by atoms with Crippen LogP contribution in [-0.4, -0.2) is 45.8 Å². The number of rotatable bonds is 8. The first-order valence-corrected chi connectivity index (χ1v) is 13.9. The van der Waals surface area contributed by atoms with Gasteiger partial charge in [-0.1, -0.05) is 6.07 Å². The first kappa shape index (κ1) is 28.1. The Hall–Kier alpha value is -5.00. The normalized spacial score (nSPS) is 16.3. The monoisotopic (exact) mass is 586 g/mol. The van der Waals surface area contributed by atoms with Gasteiger partial charge < -0.3 is 20.9 Å². The number of carbonyl (C=O) groups is 1. The molecule has 12 heteroatoms. The number of pyridine rings is 1. The molecule has 3 heterocycles. The average Bonchev–Trinajstić information content (AvgIpc) is 3.69. The van der Waals surface area contributed by atoms with E-state index in [9.17, 15) is 18.0 Å². The standard InChI is InChI=1S/C31H29F3N8O/c1-18-5-6-20(30(43)40-23-11-21(31(32,33)34)12-24(13-23)42-15-19(2)38-17-42)10-26(18)41-29-25(4-3-9-35-29)27-14-28(37-16-36-27)39-22-7-8-22/h3-6,9-14,16-17,19,22H,7-8,15H2,1-2H3,(H,35,41)(H,40,43)(H,36,37,39). The van der Waals surface area contributed by atoms with Gasteiger partial charge in [-0.25, -0.2) is 15.0 Å². The van der Waals surface area contributed by atoms with E-state index < -0.39 is 17.6 Å². The number of aryl methyl sites for hydroxylation is 1. The third kappa shape index (κ3) is 6.58. The lowest BCUT2D eigenvalue weighted by Gasteiger charge is -2.19. The molecule has 0 bridgehead atoms. The van der Waals surface area contributed by atoms with Gasteiger partial charge in [0, 0.05) is 53.0 Å². The average molecular weight is 587 g/mol. The van der Waals surface area contributed by atoms with E-state index in [-0.39, 0.29) is 17.3 Å². The lowest BCUT2D eigenvalue weighted by atomic mass is 10.1. The van der Waals surface area contributed by atoms with Crippen molar-refractivity contribution in [3.63, 3.8) is 0 Å². The number of hydrogen-bond donors (Lipinski definition) is 3. The van der Waals surface area contributed by atoms with Gasteiger partial charge in [-0.3, -0.25) is 9.79 Å². The first-order valence-electron chi connectivity index (χ1n) is 13.9. The summed E-state index contributed by atoms with van der Waals surface area (Å²) in [6.45, 7) is 4.21. The van der Waals surface area contributed by atoms with Crippen molar-refractivity contribution in [2.45, 2.75) is 44.9 Å². The topological polar surface area (TPSA) is 107 Å². The van der Waals surface area contributed by atoms with Crippen molar-refractivity contribution in [2.75, 3.05) is 27.4 Å². The summed E-state index contributed by atoms with van der Waals surface area (Å²) in [5.74, 6) is 0.717. The number of hydrogen-bond acceptors (Lipinski definition) is 8. The lowest BCUT2D eigenvalue weighted by Crippen LogP contribution is -2.22. The van der Waals surface area contributed by atoms with Crippen molar-refractivity contribution in [1.82, 2.24) is 15.0 Å². The van der Waals surface area contributed by atoms with Crippen LogP contribution in [0.1, 0.15) is 41.3 Å². The van der Waals surface area contributed by atoms with Gasteiger partial charge in [-0.15, -0.1) is 0 Å². The number of benzene rings is 2. The van der Waals surface area contributed by atoms with Crippen LogP contribution in [0.2, 0.25) is 0 Å². The summed E-state index contributed by atoms with van der Waals surface area (Å²) in [6, 6.07) is 14.5. The summed E-state index contributed by atoms with van der Waals surface area (Å²) in [5.41, 5.74) is 2.62. The highest BCUT2D eigenvalue weighted by Crippen LogP contribution is 2.35. The summed E-state index contributed by atoms with van der Waals surface area (Å²) in [5, 5.41) is 9.32. The third-order valence-electron chi connectivity index (χ3n) is 7.19. The van der Waals surface area contributed by atoms with Crippen molar-refractivity contribution in [1.29, 1.82) is 0 Å². The van der Waals surface area contributed by atoms with Gasteiger partial charge >= 0.3 is 6.18 Å². The van der Waals surface area contributed by atoms with Crippen LogP contribution in [0.15, 0.2) is 72.1 Å². The molecule has 6 rings (SSSR count). The van der Waals surface area contributed by atoms with Crippen molar-refractivity contribution in [3.05, 3.63) is 83.8 Å². The van der Waals surface area contributed by atoms with Crippen LogP contribution in [0, 0.1) is 6.92 Å². The van der Waals surface area contributed by atoms with Gasteiger partial charge in [0.05, 0.1) is 23.6 Å². The fraction of sp³-hybridized carbons (Fsp3) is 0.258. The van der Waals surface area contributed by atoms with Crippen LogP contribution in [0.25, 0.3) is 11.3 Å². The molecule has 1 aliphatic carbocycles. The highest BCUT2D eigenvalue weighted by molar-refractivity contribution is 6.05. The number of aromatic nitrogens is 3. The van der Waals surface area contributed by atoms with E-state index in [1.165, 1.54) is 18.7 Å². The van der Waals surface area contributed by atoms with E-state index in [1.54, 1.807) is 29.3 Å². The van der Waals surface area contributed by atoms with E-state index in [4.69, 9.17) is 0 Å². The molecule has 1 saturated carbocycles. The maximum Gasteiger partial charge on any atom is 0.416 e. The molecule has 1 fully saturated rings. The van der Waals surface area contributed by atoms with Gasteiger partial charge in [0.15, 0.2) is 0 Å². The van der Waals surface area contributed by atoms with E-state index in [1.807, 2.05) is 32.0 Å². The number of alkyl halides is 3. The molecule has 2 aromatic carbocycles. The van der Waals surface area contributed by atoms with Crippen molar-refractivity contribution in [2.24, 2.45) is 4.99 Å². The molecule has 0 saturated heterocycles. The Kier molecular flexibility index (Phi) is 7.43. The molecule has 1 atom stereocenters. The minimum absolute atomic E-state index is 0.0317. The van der Waals surface area contributed by atoms with Gasteiger partial charge in [0.25, 0.3) is 5.91 Å². The Labute approximate surface area is 246 Å². The fourth-order valence-electron chi connectivity index (χ4n) is 4.72. The minimum Gasteiger partial charge on any atom is -0.367 e. The van der Waals surface area contributed by atoms with E-state index in [0.717, 1.165) is 41.9 Å². The minimum atomic E-state index is -4.59. The van der Waals surface area contributed by atoms with Crippen molar-refractivity contribution < 1.29 is 18.0 Å². The van der Waals surface area contributed by atoms with Crippen LogP contribution in [0.4, 0.5) is 41.9 Å². The van der Waals surface area contributed by atoms with Gasteiger partial charge in [0.1, 0.15) is 18.0 Å². The maximum atomic E-state index is 13.7. The molecule has 3 N–H and O–H groups in total. The highest BCUT2D eigenvalue weighted by Gasteiger charge is 2.32. The Morgan fingerprint density at radius 3 is 2.60 bits per heavy atom. The van der Waals surface area contributed by atoms with Gasteiger partial charge in [-0.2, -0.15) is 13.2 Å². The summed E-state index contributed by atoms with van der Waals surface area (Å²) in [7, 11) is 0. The molecule has 9 nitrogen and oxygen atoms in total. The zero-order valence-corrected chi connectivity index (χ0v) is 23.5. The Morgan fingerprint density at radius 1 is 1.02 bits per heavy atom. The molecular weight excluding hydrogens is 557 g/mol. The number of nitrogens with zero attached hydrogens (tertiary/aromatic N) is 5. The zero-order valence-electron chi connectivity index (χ0n) is 23.5. The summed E-state index contributed by atoms with van der Waals surface area (Å²) < 4.78 is 41.2. The van der Waals surface area contributed by atoms with E-state index in [0.29, 0.717) is 35.5 Å². The second-order valence-corrected chi connectivity index (χ2v) is 10.7. The highest BCUT2D eigenvalue weighted by atomic mass is 19.4. The third-order valence-corrected chi connectivity index (χ3v) is 7.19. The van der Waals surface area contributed by atoms with Crippen molar-refractivity contribution in [3.8, 4) is 11.3 Å². The fourth-order valence-corrected chi connectivity index (χ4v) is 4.72. The SMILES string of the molecule is Cc1ccc(C(=O)Nc2cc(N3C=NC(C)C3)cc(C(F)(F)F)c2)cc1Nc1ncccc1-c1cc(NC2CC2)ncn1. The predicted molar refractivity (Wildman–Crippen MR) is 161 cm³/mol. The van der Waals surface area contributed by atoms with Gasteiger partial charge in [-0.05, 0) is 74.7 Å². The first-order chi connectivity index (χ1) is 20.6. The Balaban J connectivity index is 1.25. The van der Waals surface area contributed by atoms with Gasteiger partial charge in [0.2, 0.25) is 0 Å². The van der Waals surface area contributed by atoms with Crippen LogP contribution < -0.4 is 20.9 Å². The number of anilines is 5.